The van der Waals surface area contributed by atoms with Crippen LogP contribution in [0.3, 0.4) is 0 Å². The molecule has 2 saturated heterocycles. The number of para-hydroxylation sites is 1. The molecule has 3 heterocycles. The third kappa shape index (κ3) is 3.17. The Morgan fingerprint density at radius 3 is 2.73 bits per heavy atom. The molecule has 1 unspecified atom stereocenters. The minimum absolute atomic E-state index is 0.0355. The number of carbonyl (C=O) groups excluding carboxylic acids is 2. The highest BCUT2D eigenvalue weighted by Gasteiger charge is 2.44. The molecule has 7 nitrogen and oxygen atoms in total. The second-order valence-corrected chi connectivity index (χ2v) is 6.75. The molecule has 2 aliphatic rings. The van der Waals surface area contributed by atoms with E-state index in [1.807, 2.05) is 30.3 Å². The number of hydrogen-bond acceptors (Lipinski definition) is 5. The first-order chi connectivity index (χ1) is 12.7. The van der Waals surface area contributed by atoms with Crippen LogP contribution < -0.4 is 4.90 Å². The molecular formula is C19H20N4O3. The van der Waals surface area contributed by atoms with Crippen LogP contribution in [0.1, 0.15) is 23.2 Å². The molecule has 0 radical (unpaired) electrons. The van der Waals surface area contributed by atoms with E-state index in [-0.39, 0.29) is 18.4 Å². The molecule has 0 N–H and O–H groups in total. The van der Waals surface area contributed by atoms with E-state index in [0.717, 1.165) is 18.5 Å². The topological polar surface area (TPSA) is 75.6 Å². The number of piperidine rings is 1. The average Bonchev–Trinajstić information content (AvgIpc) is 2.71. The van der Waals surface area contributed by atoms with Gasteiger partial charge in [0.2, 0.25) is 0 Å². The maximum Gasteiger partial charge on any atom is 0.255 e. The minimum Gasteiger partial charge on any atom is -0.361 e. The van der Waals surface area contributed by atoms with Gasteiger partial charge in [-0.25, -0.2) is 0 Å². The van der Waals surface area contributed by atoms with Crippen molar-refractivity contribution in [2.45, 2.75) is 18.4 Å². The van der Waals surface area contributed by atoms with E-state index in [4.69, 9.17) is 4.74 Å². The van der Waals surface area contributed by atoms with Crippen molar-refractivity contribution in [1.82, 2.24) is 15.1 Å². The van der Waals surface area contributed by atoms with Gasteiger partial charge in [0.05, 0.1) is 31.0 Å². The first kappa shape index (κ1) is 16.7. The van der Waals surface area contributed by atoms with Crippen molar-refractivity contribution in [1.29, 1.82) is 0 Å². The van der Waals surface area contributed by atoms with Crippen LogP contribution in [0.4, 0.5) is 5.69 Å². The zero-order valence-corrected chi connectivity index (χ0v) is 14.4. The largest absolute Gasteiger partial charge is 0.361 e. The van der Waals surface area contributed by atoms with E-state index >= 15 is 0 Å². The molecule has 1 aromatic heterocycles. The Morgan fingerprint density at radius 2 is 1.96 bits per heavy atom. The Hall–Kier alpha value is -2.80. The summed E-state index contributed by atoms with van der Waals surface area (Å²) >= 11 is 0. The van der Waals surface area contributed by atoms with Crippen LogP contribution in [0, 0.1) is 0 Å². The first-order valence-electron chi connectivity index (χ1n) is 8.72. The maximum absolute atomic E-state index is 12.8. The van der Waals surface area contributed by atoms with Gasteiger partial charge in [0.1, 0.15) is 12.2 Å². The smallest absolute Gasteiger partial charge is 0.255 e. The Bertz CT molecular complexity index is 799. The number of nitrogens with zero attached hydrogens (tertiary/aromatic N) is 4. The number of likely N-dealkylation sites (tertiary alicyclic amines) is 1. The number of carbonyl (C=O) groups is 2. The molecule has 0 aliphatic carbocycles. The molecule has 134 valence electrons. The van der Waals surface area contributed by atoms with Crippen molar-refractivity contribution < 1.29 is 14.3 Å². The summed E-state index contributed by atoms with van der Waals surface area (Å²) in [5, 5.41) is 7.50. The summed E-state index contributed by atoms with van der Waals surface area (Å²) in [6, 6.07) is 11.3. The van der Waals surface area contributed by atoms with Gasteiger partial charge in [0, 0.05) is 12.2 Å². The van der Waals surface area contributed by atoms with Crippen molar-refractivity contribution in [2.24, 2.45) is 0 Å². The zero-order valence-electron chi connectivity index (χ0n) is 14.4. The van der Waals surface area contributed by atoms with Crippen LogP contribution in [0.15, 0.2) is 48.8 Å². The van der Waals surface area contributed by atoms with Crippen molar-refractivity contribution in [3.63, 3.8) is 0 Å². The normalized spacial score (nSPS) is 23.3. The van der Waals surface area contributed by atoms with Gasteiger partial charge in [-0.05, 0) is 31.0 Å². The predicted molar refractivity (Wildman–Crippen MR) is 94.6 cm³/mol. The Kier molecular flexibility index (Phi) is 4.38. The molecule has 1 atom stereocenters. The summed E-state index contributed by atoms with van der Waals surface area (Å²) in [6.45, 7) is 1.62. The molecule has 2 fully saturated rings. The Morgan fingerprint density at radius 1 is 1.12 bits per heavy atom. The quantitative estimate of drug-likeness (QED) is 0.819. The minimum atomic E-state index is -0.530. The SMILES string of the molecule is O=C(c1ccnnc1)N1CCCC2(C1)CN(c1ccccc1)C(=O)CO2. The molecule has 0 bridgehead atoms. The fourth-order valence-corrected chi connectivity index (χ4v) is 3.68. The number of hydrogen-bond donors (Lipinski definition) is 0. The van der Waals surface area contributed by atoms with Crippen molar-refractivity contribution in [2.75, 3.05) is 31.1 Å². The van der Waals surface area contributed by atoms with Gasteiger partial charge in [0.25, 0.3) is 11.8 Å². The van der Waals surface area contributed by atoms with E-state index in [9.17, 15) is 9.59 Å². The summed E-state index contributed by atoms with van der Waals surface area (Å²) in [5.74, 6) is -0.130. The van der Waals surface area contributed by atoms with Crippen molar-refractivity contribution in [3.8, 4) is 0 Å². The lowest BCUT2D eigenvalue weighted by Crippen LogP contribution is -2.62. The van der Waals surface area contributed by atoms with Crippen molar-refractivity contribution >= 4 is 17.5 Å². The summed E-state index contributed by atoms with van der Waals surface area (Å²) < 4.78 is 5.97. The lowest BCUT2D eigenvalue weighted by Gasteiger charge is -2.47. The number of aromatic nitrogens is 2. The molecule has 2 aliphatic heterocycles. The molecule has 0 saturated carbocycles. The fraction of sp³-hybridized carbons (Fsp3) is 0.368. The number of anilines is 1. The molecular weight excluding hydrogens is 332 g/mol. The van der Waals surface area contributed by atoms with Crippen LogP contribution in [0.25, 0.3) is 0 Å². The van der Waals surface area contributed by atoms with Gasteiger partial charge in [-0.1, -0.05) is 18.2 Å². The summed E-state index contributed by atoms with van der Waals surface area (Å²) in [4.78, 5) is 28.7. The monoisotopic (exact) mass is 352 g/mol. The lowest BCUT2D eigenvalue weighted by molar-refractivity contribution is -0.144. The first-order valence-corrected chi connectivity index (χ1v) is 8.72. The van der Waals surface area contributed by atoms with E-state index < -0.39 is 5.60 Å². The summed E-state index contributed by atoms with van der Waals surface area (Å²) in [7, 11) is 0. The van der Waals surface area contributed by atoms with Gasteiger partial charge < -0.3 is 14.5 Å². The van der Waals surface area contributed by atoms with Gasteiger partial charge in [-0.2, -0.15) is 10.2 Å². The average molecular weight is 352 g/mol. The van der Waals surface area contributed by atoms with Crippen LogP contribution in [-0.2, 0) is 9.53 Å². The second kappa shape index (κ2) is 6.84. The van der Waals surface area contributed by atoms with E-state index in [0.29, 0.717) is 25.2 Å². The van der Waals surface area contributed by atoms with Crippen LogP contribution in [-0.4, -0.2) is 58.8 Å². The molecule has 2 aromatic rings. The Balaban J connectivity index is 1.54. The highest BCUT2D eigenvalue weighted by Crippen LogP contribution is 2.32. The van der Waals surface area contributed by atoms with Crippen molar-refractivity contribution in [3.05, 3.63) is 54.4 Å². The van der Waals surface area contributed by atoms with E-state index in [2.05, 4.69) is 10.2 Å². The number of amides is 2. The predicted octanol–water partition coefficient (Wildman–Crippen LogP) is 1.51. The highest BCUT2D eigenvalue weighted by molar-refractivity contribution is 5.96. The highest BCUT2D eigenvalue weighted by atomic mass is 16.5. The van der Waals surface area contributed by atoms with Gasteiger partial charge >= 0.3 is 0 Å². The number of benzene rings is 1. The summed E-state index contributed by atoms with van der Waals surface area (Å²) in [5.41, 5.74) is 0.851. The van der Waals surface area contributed by atoms with Gasteiger partial charge in [0.15, 0.2) is 0 Å². The summed E-state index contributed by atoms with van der Waals surface area (Å²) in [6.07, 6.45) is 4.65. The molecule has 2 amide bonds. The third-order valence-electron chi connectivity index (χ3n) is 4.97. The fourth-order valence-electron chi connectivity index (χ4n) is 3.68. The molecule has 26 heavy (non-hydrogen) atoms. The molecule has 1 aromatic carbocycles. The lowest BCUT2D eigenvalue weighted by atomic mass is 9.90. The second-order valence-electron chi connectivity index (χ2n) is 6.75. The van der Waals surface area contributed by atoms with E-state index in [1.165, 1.54) is 12.4 Å². The van der Waals surface area contributed by atoms with Crippen LogP contribution >= 0.6 is 0 Å². The maximum atomic E-state index is 12.8. The third-order valence-corrected chi connectivity index (χ3v) is 4.97. The number of rotatable bonds is 2. The standard InChI is InChI=1S/C19H20N4O3/c24-17-12-26-19(14-23(17)16-5-2-1-3-6-16)8-4-10-22(13-19)18(25)15-7-9-20-21-11-15/h1-3,5-7,9,11H,4,8,10,12-14H2. The van der Waals surface area contributed by atoms with Gasteiger partial charge in [-0.15, -0.1) is 0 Å². The molecule has 1 spiro atoms. The zero-order chi connectivity index (χ0) is 18.0. The number of ether oxygens (including phenoxy) is 1. The number of morpholine rings is 1. The molecule has 4 rings (SSSR count). The molecule has 7 heteroatoms. The van der Waals surface area contributed by atoms with Crippen LogP contribution in [0.2, 0.25) is 0 Å². The van der Waals surface area contributed by atoms with Gasteiger partial charge in [-0.3, -0.25) is 9.59 Å². The Labute approximate surface area is 151 Å². The van der Waals surface area contributed by atoms with Crippen LogP contribution in [0.5, 0.6) is 0 Å². The van der Waals surface area contributed by atoms with E-state index in [1.54, 1.807) is 15.9 Å².